The predicted octanol–water partition coefficient (Wildman–Crippen LogP) is 5.65. The van der Waals surface area contributed by atoms with Crippen LogP contribution in [0.2, 0.25) is 10.0 Å². The number of benzene rings is 2. The van der Waals surface area contributed by atoms with E-state index in [9.17, 15) is 9.50 Å². The first kappa shape index (κ1) is 19.2. The van der Waals surface area contributed by atoms with Crippen LogP contribution in [0.4, 0.5) is 4.39 Å². The summed E-state index contributed by atoms with van der Waals surface area (Å²) in [5.74, 6) is 0.744. The SMILES string of the molecule is Cc1cc(Cl)ccc1C1C(c2cccc(Cl)c2F)NC(CCO)C1C1CC1. The molecule has 4 unspecified atom stereocenters. The molecule has 1 saturated carbocycles. The van der Waals surface area contributed by atoms with Crippen LogP contribution in [0.25, 0.3) is 0 Å². The van der Waals surface area contributed by atoms with Crippen LogP contribution in [0.1, 0.15) is 47.9 Å². The number of hydrogen-bond donors (Lipinski definition) is 2. The van der Waals surface area contributed by atoms with Crippen molar-refractivity contribution in [3.8, 4) is 0 Å². The van der Waals surface area contributed by atoms with Gasteiger partial charge < -0.3 is 10.4 Å². The first-order chi connectivity index (χ1) is 13.0. The lowest BCUT2D eigenvalue weighted by Gasteiger charge is -2.28. The van der Waals surface area contributed by atoms with Gasteiger partial charge in [-0.1, -0.05) is 41.4 Å². The minimum Gasteiger partial charge on any atom is -0.396 e. The van der Waals surface area contributed by atoms with E-state index >= 15 is 0 Å². The molecule has 2 N–H and O–H groups in total. The van der Waals surface area contributed by atoms with Crippen molar-refractivity contribution in [3.05, 3.63) is 69.0 Å². The average Bonchev–Trinajstić information content (AvgIpc) is 3.40. The van der Waals surface area contributed by atoms with Gasteiger partial charge in [-0.05, 0) is 67.3 Å². The van der Waals surface area contributed by atoms with Gasteiger partial charge in [0.25, 0.3) is 0 Å². The second-order valence-electron chi connectivity index (χ2n) is 7.85. The number of nitrogens with one attached hydrogen (secondary N) is 1. The maximum Gasteiger partial charge on any atom is 0.146 e. The highest BCUT2D eigenvalue weighted by Crippen LogP contribution is 2.55. The van der Waals surface area contributed by atoms with Gasteiger partial charge in [0, 0.05) is 35.2 Å². The summed E-state index contributed by atoms with van der Waals surface area (Å²) in [7, 11) is 0. The maximum absolute atomic E-state index is 14.9. The van der Waals surface area contributed by atoms with Crippen molar-refractivity contribution in [2.45, 2.75) is 44.2 Å². The van der Waals surface area contributed by atoms with Crippen molar-refractivity contribution in [1.82, 2.24) is 5.32 Å². The Hall–Kier alpha value is -1.13. The molecular formula is C22H24Cl2FNO. The summed E-state index contributed by atoms with van der Waals surface area (Å²) >= 11 is 12.3. The van der Waals surface area contributed by atoms with Gasteiger partial charge in [-0.2, -0.15) is 0 Å². The van der Waals surface area contributed by atoms with Gasteiger partial charge >= 0.3 is 0 Å². The Morgan fingerprint density at radius 3 is 2.59 bits per heavy atom. The van der Waals surface area contributed by atoms with Gasteiger partial charge in [-0.15, -0.1) is 0 Å². The molecule has 0 bridgehead atoms. The zero-order valence-corrected chi connectivity index (χ0v) is 16.8. The smallest absolute Gasteiger partial charge is 0.146 e. The first-order valence-electron chi connectivity index (χ1n) is 9.58. The molecule has 1 aliphatic carbocycles. The van der Waals surface area contributed by atoms with E-state index in [-0.39, 0.29) is 35.4 Å². The lowest BCUT2D eigenvalue weighted by atomic mass is 9.75. The lowest BCUT2D eigenvalue weighted by molar-refractivity contribution is 0.245. The molecule has 0 spiro atoms. The van der Waals surface area contributed by atoms with Crippen molar-refractivity contribution < 1.29 is 9.50 Å². The average molecular weight is 408 g/mol. The van der Waals surface area contributed by atoms with Crippen LogP contribution < -0.4 is 5.32 Å². The van der Waals surface area contributed by atoms with Crippen molar-refractivity contribution in [2.75, 3.05) is 6.61 Å². The van der Waals surface area contributed by atoms with E-state index in [0.29, 0.717) is 28.8 Å². The number of halogens is 3. The Morgan fingerprint density at radius 1 is 1.15 bits per heavy atom. The highest BCUT2D eigenvalue weighted by Gasteiger charge is 2.51. The van der Waals surface area contributed by atoms with Crippen molar-refractivity contribution in [1.29, 1.82) is 0 Å². The van der Waals surface area contributed by atoms with Crippen LogP contribution in [0.15, 0.2) is 36.4 Å². The Morgan fingerprint density at radius 2 is 1.93 bits per heavy atom. The van der Waals surface area contributed by atoms with E-state index in [1.807, 2.05) is 18.2 Å². The Kier molecular flexibility index (Phi) is 5.48. The molecule has 144 valence electrons. The lowest BCUT2D eigenvalue weighted by Crippen LogP contribution is -2.30. The summed E-state index contributed by atoms with van der Waals surface area (Å²) in [6.07, 6.45) is 3.06. The van der Waals surface area contributed by atoms with Crippen molar-refractivity contribution in [3.63, 3.8) is 0 Å². The predicted molar refractivity (Wildman–Crippen MR) is 108 cm³/mol. The van der Waals surface area contributed by atoms with E-state index in [0.717, 1.165) is 5.56 Å². The van der Waals surface area contributed by atoms with Gasteiger partial charge in [0.2, 0.25) is 0 Å². The van der Waals surface area contributed by atoms with Gasteiger partial charge in [0.15, 0.2) is 0 Å². The van der Waals surface area contributed by atoms with Crippen LogP contribution >= 0.6 is 23.2 Å². The first-order valence-corrected chi connectivity index (χ1v) is 10.3. The van der Waals surface area contributed by atoms with E-state index in [4.69, 9.17) is 23.2 Å². The minimum atomic E-state index is -0.354. The molecule has 5 heteroatoms. The molecule has 4 atom stereocenters. The van der Waals surface area contributed by atoms with Gasteiger partial charge in [0.05, 0.1) is 5.02 Å². The highest BCUT2D eigenvalue weighted by atomic mass is 35.5. The zero-order chi connectivity index (χ0) is 19.1. The van der Waals surface area contributed by atoms with E-state index in [2.05, 4.69) is 18.3 Å². The molecule has 1 aliphatic heterocycles. The van der Waals surface area contributed by atoms with Crippen LogP contribution in [0.5, 0.6) is 0 Å². The number of hydrogen-bond acceptors (Lipinski definition) is 2. The monoisotopic (exact) mass is 407 g/mol. The molecule has 1 heterocycles. The Balaban J connectivity index is 1.83. The molecule has 27 heavy (non-hydrogen) atoms. The molecule has 2 aliphatic rings. The molecule has 2 aromatic rings. The number of rotatable bonds is 5. The molecule has 4 rings (SSSR count). The summed E-state index contributed by atoms with van der Waals surface area (Å²) in [5, 5.41) is 14.1. The number of aliphatic hydroxyl groups excluding tert-OH is 1. The van der Waals surface area contributed by atoms with Crippen molar-refractivity contribution >= 4 is 23.2 Å². The van der Waals surface area contributed by atoms with Crippen LogP contribution in [-0.4, -0.2) is 17.8 Å². The molecule has 2 aromatic carbocycles. The summed E-state index contributed by atoms with van der Waals surface area (Å²) in [6, 6.07) is 11.2. The molecule has 1 saturated heterocycles. The summed E-state index contributed by atoms with van der Waals surface area (Å²) in [6.45, 7) is 2.19. The topological polar surface area (TPSA) is 32.3 Å². The van der Waals surface area contributed by atoms with Crippen LogP contribution in [0, 0.1) is 24.6 Å². The minimum absolute atomic E-state index is 0.123. The largest absolute Gasteiger partial charge is 0.396 e. The quantitative estimate of drug-likeness (QED) is 0.671. The summed E-state index contributed by atoms with van der Waals surface area (Å²) < 4.78 is 14.9. The van der Waals surface area contributed by atoms with E-state index in [1.54, 1.807) is 12.1 Å². The summed E-state index contributed by atoms with van der Waals surface area (Å²) in [5.41, 5.74) is 2.93. The van der Waals surface area contributed by atoms with Gasteiger partial charge in [-0.25, -0.2) is 4.39 Å². The number of aryl methyl sites for hydroxylation is 1. The fourth-order valence-corrected chi connectivity index (χ4v) is 5.29. The fourth-order valence-electron chi connectivity index (χ4n) is 4.88. The van der Waals surface area contributed by atoms with Crippen LogP contribution in [-0.2, 0) is 0 Å². The third-order valence-corrected chi connectivity index (χ3v) is 6.67. The molecule has 0 amide bonds. The van der Waals surface area contributed by atoms with E-state index in [1.165, 1.54) is 18.4 Å². The summed E-state index contributed by atoms with van der Waals surface area (Å²) in [4.78, 5) is 0. The molecule has 2 fully saturated rings. The highest BCUT2D eigenvalue weighted by molar-refractivity contribution is 6.31. The molecule has 2 nitrogen and oxygen atoms in total. The third kappa shape index (κ3) is 3.63. The normalized spacial score (nSPS) is 27.9. The van der Waals surface area contributed by atoms with Gasteiger partial charge in [-0.3, -0.25) is 0 Å². The molecular weight excluding hydrogens is 384 g/mol. The zero-order valence-electron chi connectivity index (χ0n) is 15.3. The van der Waals surface area contributed by atoms with E-state index < -0.39 is 0 Å². The standard InChI is InChI=1S/C22H24Cl2FNO/c1-12-11-14(23)7-8-15(12)20-19(13-5-6-13)18(9-10-27)26-22(20)16-3-2-4-17(24)21(16)25/h2-4,7-8,11,13,18-20,22,26-27H,5-6,9-10H2,1H3. The molecule has 0 radical (unpaired) electrons. The van der Waals surface area contributed by atoms with Crippen molar-refractivity contribution in [2.24, 2.45) is 11.8 Å². The third-order valence-electron chi connectivity index (χ3n) is 6.15. The van der Waals surface area contributed by atoms with Crippen LogP contribution in [0.3, 0.4) is 0 Å². The fraction of sp³-hybridized carbons (Fsp3) is 0.455. The molecule has 0 aromatic heterocycles. The second-order valence-corrected chi connectivity index (χ2v) is 8.69. The Labute approximate surface area is 169 Å². The maximum atomic E-state index is 14.9. The Bertz CT molecular complexity index is 839. The van der Waals surface area contributed by atoms with Gasteiger partial charge in [0.1, 0.15) is 5.82 Å². The number of aliphatic hydroxyl groups is 1. The second kappa shape index (κ2) is 7.71.